The Kier molecular flexibility index (Phi) is 23.8. The molecule has 2 aliphatic rings. The summed E-state index contributed by atoms with van der Waals surface area (Å²) in [5.74, 6) is 0. The third-order valence-electron chi connectivity index (χ3n) is 14.4. The lowest BCUT2D eigenvalue weighted by Crippen LogP contribution is -2.74. The predicted molar refractivity (Wildman–Crippen MR) is 341 cm³/mol. The van der Waals surface area contributed by atoms with Gasteiger partial charge >= 0.3 is 12.2 Å². The van der Waals surface area contributed by atoms with E-state index in [1.54, 1.807) is 9.80 Å². The van der Waals surface area contributed by atoms with Crippen LogP contribution in [-0.4, -0.2) is 124 Å². The third-order valence-corrected chi connectivity index (χ3v) is 16.4. The van der Waals surface area contributed by atoms with Gasteiger partial charge in [0.2, 0.25) is 0 Å². The van der Waals surface area contributed by atoms with Crippen molar-refractivity contribution in [3.05, 3.63) is 215 Å². The molecule has 0 aliphatic carbocycles. The first-order chi connectivity index (χ1) is 41.5. The fourth-order valence-corrected chi connectivity index (χ4v) is 12.2. The van der Waals surface area contributed by atoms with Crippen molar-refractivity contribution in [3.8, 4) is 0 Å². The SMILES string of the molecule is CC(C)(C)OC(=O)N1C(O[Si](C)(C)C)[C@H](OCc2ccccc2)[C@@H](OCc2ccccc2)[C@H](OCc2ccccc2)[C@H]1CO[C@@H]1[C@H](OCc2ccccc2)[C@@H](OCc2ccccc2)[C@H](OCc2ccccc2)[C@@H](CO[Si](C)(C)C)N1C(=O)OC(C)(C)C. The zero-order valence-corrected chi connectivity index (χ0v) is 55.0. The van der Waals surface area contributed by atoms with Crippen LogP contribution in [-0.2, 0) is 91.1 Å². The normalized spacial score (nSPS) is 22.9. The maximum Gasteiger partial charge on any atom is 0.412 e. The number of hydrogen-bond acceptors (Lipinski definition) is 13. The minimum Gasteiger partial charge on any atom is -0.444 e. The minimum atomic E-state index is -2.66. The van der Waals surface area contributed by atoms with E-state index in [1.807, 2.05) is 224 Å². The number of piperidine rings is 2. The van der Waals surface area contributed by atoms with Gasteiger partial charge in [-0.2, -0.15) is 0 Å². The molecule has 2 saturated heterocycles. The Morgan fingerprint density at radius 2 is 0.609 bits per heavy atom. The van der Waals surface area contributed by atoms with Gasteiger partial charge in [-0.25, -0.2) is 9.59 Å². The summed E-state index contributed by atoms with van der Waals surface area (Å²) in [4.78, 5) is 34.7. The molecule has 10 atom stereocenters. The van der Waals surface area contributed by atoms with Crippen LogP contribution in [0.15, 0.2) is 182 Å². The number of rotatable bonds is 26. The molecular formula is C70H92N2O13Si2. The molecule has 87 heavy (non-hydrogen) atoms. The van der Waals surface area contributed by atoms with Crippen molar-refractivity contribution >= 4 is 28.8 Å². The van der Waals surface area contributed by atoms with Gasteiger partial charge in [0.25, 0.3) is 0 Å². The van der Waals surface area contributed by atoms with E-state index in [0.717, 1.165) is 33.4 Å². The van der Waals surface area contributed by atoms with Crippen LogP contribution in [0.5, 0.6) is 0 Å². The number of nitrogens with zero attached hydrogens (tertiary/aromatic N) is 2. The van der Waals surface area contributed by atoms with E-state index in [9.17, 15) is 0 Å². The Labute approximate surface area is 518 Å². The molecular weight excluding hydrogens is 1130 g/mol. The Hall–Kier alpha value is -6.07. The topological polar surface area (TPSA) is 142 Å². The molecule has 1 unspecified atom stereocenters. The van der Waals surface area contributed by atoms with Gasteiger partial charge in [0.1, 0.15) is 47.8 Å². The molecule has 468 valence electrons. The molecule has 0 spiro atoms. The van der Waals surface area contributed by atoms with E-state index in [2.05, 4.69) is 39.3 Å². The van der Waals surface area contributed by atoms with Crippen LogP contribution in [0.3, 0.4) is 0 Å². The van der Waals surface area contributed by atoms with Crippen molar-refractivity contribution in [1.82, 2.24) is 9.80 Å². The molecule has 2 heterocycles. The zero-order valence-electron chi connectivity index (χ0n) is 53.0. The minimum absolute atomic E-state index is 0.0309. The van der Waals surface area contributed by atoms with E-state index in [1.165, 1.54) is 0 Å². The highest BCUT2D eigenvalue weighted by atomic mass is 28.4. The predicted octanol–water partition coefficient (Wildman–Crippen LogP) is 14.1. The maximum atomic E-state index is 15.8. The Balaban J connectivity index is 1.34. The zero-order chi connectivity index (χ0) is 62.2. The standard InChI is InChI=1S/C70H92N2O13Si2/c1-69(2,3)83-67(73)71-58(50-82-86(7,8)9)60(76-44-52-33-21-14-22-34-52)61(77-45-53-35-23-15-24-36-53)63(79-47-55-39-27-17-28-40-55)65(71)81-49-57-59(75-43-51-31-19-13-20-32-51)62(78-46-54-37-25-16-26-38-54)64(80-48-56-41-29-18-30-42-56)66(85-87(10,11)12)72(57)68(74)84-70(4,5)6/h13-42,57-66H,43-50H2,1-12H3/t57-,58-,59-,60-,61+,62+,63-,64-,65-,66?/m1/s1. The van der Waals surface area contributed by atoms with Crippen LogP contribution >= 0.6 is 0 Å². The van der Waals surface area contributed by atoms with E-state index >= 15 is 9.59 Å². The van der Waals surface area contributed by atoms with Crippen molar-refractivity contribution in [2.24, 2.45) is 0 Å². The van der Waals surface area contributed by atoms with E-state index < -0.39 is 101 Å². The lowest BCUT2D eigenvalue weighted by molar-refractivity contribution is -0.283. The molecule has 0 N–H and O–H groups in total. The van der Waals surface area contributed by atoms with Crippen LogP contribution in [0, 0.1) is 0 Å². The molecule has 2 aliphatic heterocycles. The average Bonchev–Trinajstić information content (AvgIpc) is 0.871. The molecule has 0 bridgehead atoms. The Morgan fingerprint density at radius 3 is 0.897 bits per heavy atom. The molecule has 0 saturated carbocycles. The van der Waals surface area contributed by atoms with Gasteiger partial charge in [-0.05, 0) is 114 Å². The summed E-state index contributed by atoms with van der Waals surface area (Å²) >= 11 is 0. The highest BCUT2D eigenvalue weighted by molar-refractivity contribution is 6.70. The van der Waals surface area contributed by atoms with Crippen molar-refractivity contribution in [3.63, 3.8) is 0 Å². The largest absolute Gasteiger partial charge is 0.444 e. The molecule has 6 aromatic rings. The van der Waals surface area contributed by atoms with E-state index in [-0.39, 0.29) is 52.9 Å². The highest BCUT2D eigenvalue weighted by Gasteiger charge is 2.59. The Morgan fingerprint density at radius 1 is 0.345 bits per heavy atom. The van der Waals surface area contributed by atoms with Gasteiger partial charge in [0.05, 0.1) is 64.9 Å². The van der Waals surface area contributed by atoms with Gasteiger partial charge in [-0.1, -0.05) is 182 Å². The first-order valence-electron chi connectivity index (χ1n) is 30.4. The maximum absolute atomic E-state index is 15.8. The summed E-state index contributed by atoms with van der Waals surface area (Å²) in [5, 5.41) is 0. The number of carbonyl (C=O) groups excluding carboxylic acids is 2. The summed E-state index contributed by atoms with van der Waals surface area (Å²) in [6.45, 7) is 24.1. The molecule has 2 fully saturated rings. The summed E-state index contributed by atoms with van der Waals surface area (Å²) in [5.41, 5.74) is 3.46. The second kappa shape index (κ2) is 30.9. The monoisotopic (exact) mass is 1220 g/mol. The Bertz CT molecular complexity index is 2980. The van der Waals surface area contributed by atoms with Crippen LogP contribution in [0.1, 0.15) is 74.9 Å². The van der Waals surface area contributed by atoms with Crippen LogP contribution in [0.2, 0.25) is 39.3 Å². The van der Waals surface area contributed by atoms with E-state index in [0.29, 0.717) is 0 Å². The van der Waals surface area contributed by atoms with Gasteiger partial charge in [0, 0.05) is 0 Å². The molecule has 8 rings (SSSR count). The molecule has 0 radical (unpaired) electrons. The van der Waals surface area contributed by atoms with Crippen molar-refractivity contribution in [2.45, 2.75) is 193 Å². The highest BCUT2D eigenvalue weighted by Crippen LogP contribution is 2.40. The summed E-state index contributed by atoms with van der Waals surface area (Å²) < 4.78 is 78.1. The molecule has 15 nitrogen and oxygen atoms in total. The van der Waals surface area contributed by atoms with E-state index in [4.69, 9.17) is 51.5 Å². The number of likely N-dealkylation sites (tertiary alicyclic amines) is 2. The van der Waals surface area contributed by atoms with Gasteiger partial charge < -0.3 is 51.5 Å². The van der Waals surface area contributed by atoms with Gasteiger partial charge in [0.15, 0.2) is 29.1 Å². The molecule has 6 aromatic carbocycles. The summed E-state index contributed by atoms with van der Waals surface area (Å²) in [6, 6.07) is 57.3. The summed E-state index contributed by atoms with van der Waals surface area (Å²) in [7, 11) is -5.01. The number of amides is 2. The second-order valence-corrected chi connectivity index (χ2v) is 35.2. The van der Waals surface area contributed by atoms with Crippen molar-refractivity contribution < 1.29 is 61.1 Å². The second-order valence-electron chi connectivity index (χ2n) is 26.2. The number of carbonyl (C=O) groups is 2. The molecule has 0 aromatic heterocycles. The van der Waals surface area contributed by atoms with Crippen molar-refractivity contribution in [2.75, 3.05) is 13.2 Å². The lowest BCUT2D eigenvalue weighted by atomic mass is 9.90. The number of ether oxygens (including phenoxy) is 9. The lowest BCUT2D eigenvalue weighted by Gasteiger charge is -2.55. The van der Waals surface area contributed by atoms with Gasteiger partial charge in [-0.3, -0.25) is 9.80 Å². The summed E-state index contributed by atoms with van der Waals surface area (Å²) in [6.07, 6.45) is -9.58. The van der Waals surface area contributed by atoms with Crippen molar-refractivity contribution in [1.29, 1.82) is 0 Å². The fraction of sp³-hybridized carbons (Fsp3) is 0.457. The van der Waals surface area contributed by atoms with Gasteiger partial charge in [-0.15, -0.1) is 0 Å². The van der Waals surface area contributed by atoms with Crippen LogP contribution in [0.25, 0.3) is 0 Å². The quantitative estimate of drug-likeness (QED) is 0.0476. The molecule has 17 heteroatoms. The first kappa shape index (κ1) is 66.9. The smallest absolute Gasteiger partial charge is 0.412 e. The third kappa shape index (κ3) is 20.5. The average molecular weight is 1230 g/mol. The van der Waals surface area contributed by atoms with Crippen LogP contribution < -0.4 is 0 Å². The number of benzene rings is 6. The number of hydrogen-bond donors (Lipinski definition) is 0. The van der Waals surface area contributed by atoms with Crippen LogP contribution in [0.4, 0.5) is 9.59 Å². The fourth-order valence-electron chi connectivity index (χ4n) is 10.5. The molecule has 2 amide bonds. The first-order valence-corrected chi connectivity index (χ1v) is 37.2.